The zero-order valence-corrected chi connectivity index (χ0v) is 10.5. The second-order valence-electron chi connectivity index (χ2n) is 5.58. The van der Waals surface area contributed by atoms with Crippen LogP contribution in [0.5, 0.6) is 0 Å². The molecule has 0 bridgehead atoms. The van der Waals surface area contributed by atoms with Gasteiger partial charge in [-0.15, -0.1) is 0 Å². The molecule has 1 rings (SSSR count). The first-order valence-electron chi connectivity index (χ1n) is 5.71. The van der Waals surface area contributed by atoms with E-state index in [2.05, 4.69) is 11.8 Å². The van der Waals surface area contributed by atoms with E-state index >= 15 is 0 Å². The third kappa shape index (κ3) is 4.65. The normalized spacial score (nSPS) is 19.1. The van der Waals surface area contributed by atoms with Gasteiger partial charge in [0, 0.05) is 6.04 Å². The second-order valence-corrected chi connectivity index (χ2v) is 5.58. The lowest BCUT2D eigenvalue weighted by molar-refractivity contribution is -0.156. The first kappa shape index (κ1) is 12.5. The fourth-order valence-corrected chi connectivity index (χ4v) is 1.66. The Balaban J connectivity index is 2.30. The van der Waals surface area contributed by atoms with Crippen LogP contribution >= 0.6 is 0 Å². The van der Waals surface area contributed by atoms with Crippen LogP contribution in [0.15, 0.2) is 0 Å². The SMILES string of the molecule is CC(C1CC1)N(C)CC(=O)OC(C)(C)C. The topological polar surface area (TPSA) is 29.5 Å². The van der Waals surface area contributed by atoms with E-state index in [9.17, 15) is 4.79 Å². The predicted octanol–water partition coefficient (Wildman–Crippen LogP) is 2.06. The van der Waals surface area contributed by atoms with E-state index in [0.29, 0.717) is 12.6 Å². The fraction of sp³-hybridized carbons (Fsp3) is 0.917. The number of rotatable bonds is 4. The van der Waals surface area contributed by atoms with E-state index in [-0.39, 0.29) is 11.6 Å². The molecule has 1 unspecified atom stereocenters. The van der Waals surface area contributed by atoms with Crippen molar-refractivity contribution in [1.82, 2.24) is 4.90 Å². The number of esters is 1. The molecule has 0 N–H and O–H groups in total. The van der Waals surface area contributed by atoms with Gasteiger partial charge in [-0.2, -0.15) is 0 Å². The van der Waals surface area contributed by atoms with Gasteiger partial charge in [-0.05, 0) is 53.5 Å². The van der Waals surface area contributed by atoms with E-state index < -0.39 is 0 Å². The lowest BCUT2D eigenvalue weighted by Gasteiger charge is -2.26. The minimum atomic E-state index is -0.374. The molecule has 0 aromatic carbocycles. The summed E-state index contributed by atoms with van der Waals surface area (Å²) in [5.74, 6) is 0.662. The van der Waals surface area contributed by atoms with Gasteiger partial charge >= 0.3 is 5.97 Å². The molecule has 0 heterocycles. The van der Waals surface area contributed by atoms with Crippen LogP contribution in [0.4, 0.5) is 0 Å². The summed E-state index contributed by atoms with van der Waals surface area (Å²) in [5, 5.41) is 0. The summed E-state index contributed by atoms with van der Waals surface area (Å²) in [7, 11) is 1.99. The van der Waals surface area contributed by atoms with Gasteiger partial charge in [0.05, 0.1) is 6.54 Å². The summed E-state index contributed by atoms with van der Waals surface area (Å²) in [6.45, 7) is 8.27. The first-order valence-corrected chi connectivity index (χ1v) is 5.71. The Morgan fingerprint density at radius 3 is 2.40 bits per heavy atom. The van der Waals surface area contributed by atoms with Crippen LogP contribution in [0.25, 0.3) is 0 Å². The maximum Gasteiger partial charge on any atom is 0.320 e. The number of carbonyl (C=O) groups is 1. The van der Waals surface area contributed by atoms with Gasteiger partial charge in [0.1, 0.15) is 5.60 Å². The summed E-state index contributed by atoms with van der Waals surface area (Å²) >= 11 is 0. The van der Waals surface area contributed by atoms with E-state index in [1.54, 1.807) is 0 Å². The lowest BCUT2D eigenvalue weighted by atomic mass is 10.2. The molecule has 0 spiro atoms. The maximum atomic E-state index is 11.6. The van der Waals surface area contributed by atoms with Crippen LogP contribution < -0.4 is 0 Å². The van der Waals surface area contributed by atoms with Crippen LogP contribution in [0.2, 0.25) is 0 Å². The van der Waals surface area contributed by atoms with Crippen molar-refractivity contribution in [1.29, 1.82) is 0 Å². The Morgan fingerprint density at radius 2 is 2.00 bits per heavy atom. The summed E-state index contributed by atoms with van der Waals surface area (Å²) < 4.78 is 5.28. The molecule has 0 amide bonds. The van der Waals surface area contributed by atoms with Crippen molar-refractivity contribution < 1.29 is 9.53 Å². The van der Waals surface area contributed by atoms with Crippen LogP contribution in [0.1, 0.15) is 40.5 Å². The third-order valence-corrected chi connectivity index (χ3v) is 2.80. The summed E-state index contributed by atoms with van der Waals surface area (Å²) in [6.07, 6.45) is 2.61. The molecule has 15 heavy (non-hydrogen) atoms. The number of carbonyl (C=O) groups excluding carboxylic acids is 1. The molecule has 1 atom stereocenters. The molecule has 0 aromatic heterocycles. The number of nitrogens with zero attached hydrogens (tertiary/aromatic N) is 1. The summed E-state index contributed by atoms with van der Waals surface area (Å²) in [4.78, 5) is 13.6. The molecule has 88 valence electrons. The highest BCUT2D eigenvalue weighted by Crippen LogP contribution is 2.34. The summed E-state index contributed by atoms with van der Waals surface area (Å²) in [5.41, 5.74) is -0.374. The van der Waals surface area contributed by atoms with E-state index in [0.717, 1.165) is 5.92 Å². The van der Waals surface area contributed by atoms with Crippen molar-refractivity contribution in [2.45, 2.75) is 52.2 Å². The van der Waals surface area contributed by atoms with E-state index in [1.165, 1.54) is 12.8 Å². The van der Waals surface area contributed by atoms with Crippen LogP contribution in [0.3, 0.4) is 0 Å². The third-order valence-electron chi connectivity index (χ3n) is 2.80. The number of likely N-dealkylation sites (N-methyl/N-ethyl adjacent to an activating group) is 1. The molecule has 3 nitrogen and oxygen atoms in total. The molecule has 1 aliphatic rings. The van der Waals surface area contributed by atoms with Gasteiger partial charge in [0.2, 0.25) is 0 Å². The van der Waals surface area contributed by atoms with Crippen molar-refractivity contribution in [3.8, 4) is 0 Å². The van der Waals surface area contributed by atoms with Crippen molar-refractivity contribution in [3.05, 3.63) is 0 Å². The Bertz CT molecular complexity index is 228. The molecule has 0 aliphatic heterocycles. The average molecular weight is 213 g/mol. The highest BCUT2D eigenvalue weighted by atomic mass is 16.6. The number of hydrogen-bond acceptors (Lipinski definition) is 3. The smallest absolute Gasteiger partial charge is 0.320 e. The summed E-state index contributed by atoms with van der Waals surface area (Å²) in [6, 6.07) is 0.498. The minimum Gasteiger partial charge on any atom is -0.459 e. The standard InChI is InChI=1S/C12H23NO2/c1-9(10-6-7-10)13(5)8-11(14)15-12(2,3)4/h9-10H,6-8H2,1-5H3. The van der Waals surface area contributed by atoms with Gasteiger partial charge in [0.15, 0.2) is 0 Å². The number of ether oxygens (including phenoxy) is 1. The van der Waals surface area contributed by atoms with E-state index in [1.807, 2.05) is 27.8 Å². The van der Waals surface area contributed by atoms with E-state index in [4.69, 9.17) is 4.74 Å². The molecule has 0 saturated heterocycles. The zero-order chi connectivity index (χ0) is 11.6. The Hall–Kier alpha value is -0.570. The fourth-order valence-electron chi connectivity index (χ4n) is 1.66. The molecule has 1 aliphatic carbocycles. The monoisotopic (exact) mass is 213 g/mol. The molecule has 1 saturated carbocycles. The highest BCUT2D eigenvalue weighted by molar-refractivity contribution is 5.72. The van der Waals surface area contributed by atoms with Crippen LogP contribution in [-0.2, 0) is 9.53 Å². The molecule has 0 radical (unpaired) electrons. The minimum absolute atomic E-state index is 0.127. The van der Waals surface area contributed by atoms with Crippen molar-refractivity contribution in [2.24, 2.45) is 5.92 Å². The first-order chi connectivity index (χ1) is 6.79. The van der Waals surface area contributed by atoms with Crippen LogP contribution in [0, 0.1) is 5.92 Å². The van der Waals surface area contributed by atoms with Gasteiger partial charge in [0.25, 0.3) is 0 Å². The molecular formula is C12H23NO2. The Labute approximate surface area is 92.8 Å². The highest BCUT2D eigenvalue weighted by Gasteiger charge is 2.31. The zero-order valence-electron chi connectivity index (χ0n) is 10.5. The average Bonchev–Trinajstić information content (AvgIpc) is 2.80. The van der Waals surface area contributed by atoms with Crippen molar-refractivity contribution >= 4 is 5.97 Å². The van der Waals surface area contributed by atoms with Gasteiger partial charge in [-0.3, -0.25) is 9.69 Å². The predicted molar refractivity (Wildman–Crippen MR) is 60.7 cm³/mol. The molecule has 0 aromatic rings. The molecular weight excluding hydrogens is 190 g/mol. The number of hydrogen-bond donors (Lipinski definition) is 0. The van der Waals surface area contributed by atoms with Crippen molar-refractivity contribution in [2.75, 3.05) is 13.6 Å². The van der Waals surface area contributed by atoms with Crippen molar-refractivity contribution in [3.63, 3.8) is 0 Å². The quantitative estimate of drug-likeness (QED) is 0.669. The molecule has 3 heteroatoms. The van der Waals surface area contributed by atoms with Gasteiger partial charge in [-0.1, -0.05) is 0 Å². The Morgan fingerprint density at radius 1 is 1.47 bits per heavy atom. The van der Waals surface area contributed by atoms with Gasteiger partial charge in [-0.25, -0.2) is 0 Å². The van der Waals surface area contributed by atoms with Crippen LogP contribution in [-0.4, -0.2) is 36.1 Å². The maximum absolute atomic E-state index is 11.6. The largest absolute Gasteiger partial charge is 0.459 e. The lowest BCUT2D eigenvalue weighted by Crippen LogP contribution is -2.38. The Kier molecular flexibility index (Phi) is 3.77. The second kappa shape index (κ2) is 4.52. The molecule has 1 fully saturated rings. The van der Waals surface area contributed by atoms with Gasteiger partial charge < -0.3 is 4.74 Å².